The third-order valence-corrected chi connectivity index (χ3v) is 3.12. The summed E-state index contributed by atoms with van der Waals surface area (Å²) in [5.41, 5.74) is 2.29. The number of hydrogen-bond acceptors (Lipinski definition) is 1. The molecule has 94 valence electrons. The van der Waals surface area contributed by atoms with Gasteiger partial charge in [-0.25, -0.2) is 4.85 Å². The number of halogens is 1. The molecule has 0 aliphatic carbocycles. The lowest BCUT2D eigenvalue weighted by molar-refractivity contribution is 0.485. The van der Waals surface area contributed by atoms with E-state index in [2.05, 4.69) is 11.4 Å². The van der Waals surface area contributed by atoms with Gasteiger partial charge in [-0.05, 0) is 48.4 Å². The molecule has 0 saturated heterocycles. The van der Waals surface area contributed by atoms with Crippen LogP contribution in [0.4, 0.5) is 5.69 Å². The summed E-state index contributed by atoms with van der Waals surface area (Å²) in [5, 5.41) is 0.694. The van der Waals surface area contributed by atoms with Gasteiger partial charge < -0.3 is 4.74 Å². The molecule has 0 radical (unpaired) electrons. The fourth-order valence-corrected chi connectivity index (χ4v) is 1.76. The molecule has 2 aromatic rings. The van der Waals surface area contributed by atoms with Gasteiger partial charge in [-0.3, -0.25) is 0 Å². The van der Waals surface area contributed by atoms with Crippen molar-refractivity contribution in [2.45, 2.75) is 6.92 Å². The quantitative estimate of drug-likeness (QED) is 0.658. The first-order valence-electron chi connectivity index (χ1n) is 5.72. The van der Waals surface area contributed by atoms with E-state index < -0.39 is 0 Å². The van der Waals surface area contributed by atoms with Gasteiger partial charge in [0.15, 0.2) is 0 Å². The number of ether oxygens (including phenoxy) is 1. The van der Waals surface area contributed by atoms with Crippen molar-refractivity contribution in [2.75, 3.05) is 0 Å². The Kier molecular flexibility index (Phi) is 3.89. The van der Waals surface area contributed by atoms with Crippen molar-refractivity contribution in [1.29, 1.82) is 0 Å². The summed E-state index contributed by atoms with van der Waals surface area (Å²) in [6, 6.07) is 10.8. The molecule has 0 aromatic heterocycles. The van der Waals surface area contributed by atoms with E-state index in [-0.39, 0.29) is 0 Å². The highest BCUT2D eigenvalue weighted by Crippen LogP contribution is 2.34. The van der Waals surface area contributed by atoms with Crippen LogP contribution < -0.4 is 4.74 Å². The molecule has 0 saturated carbocycles. The topological polar surface area (TPSA) is 13.6 Å². The zero-order valence-corrected chi connectivity index (χ0v) is 11.2. The molecule has 0 amide bonds. The first-order valence-corrected chi connectivity index (χ1v) is 6.10. The van der Waals surface area contributed by atoms with Crippen LogP contribution in [-0.2, 0) is 0 Å². The zero-order chi connectivity index (χ0) is 13.8. The molecule has 0 spiro atoms. The Hall–Kier alpha value is -2.24. The highest BCUT2D eigenvalue weighted by molar-refractivity contribution is 6.31. The van der Waals surface area contributed by atoms with Crippen molar-refractivity contribution >= 4 is 23.4 Å². The molecule has 2 rings (SSSR count). The van der Waals surface area contributed by atoms with Gasteiger partial charge in [0.25, 0.3) is 0 Å². The van der Waals surface area contributed by atoms with E-state index in [1.807, 2.05) is 19.1 Å². The van der Waals surface area contributed by atoms with E-state index in [0.29, 0.717) is 22.2 Å². The van der Waals surface area contributed by atoms with E-state index in [1.165, 1.54) is 0 Å². The molecular formula is C16H12ClNO. The number of hydrogen-bond donors (Lipinski definition) is 0. The molecule has 0 aliphatic rings. The van der Waals surface area contributed by atoms with Gasteiger partial charge in [-0.2, -0.15) is 0 Å². The highest BCUT2D eigenvalue weighted by atomic mass is 35.5. The minimum absolute atomic E-state index is 0.463. The Morgan fingerprint density at radius 1 is 1.26 bits per heavy atom. The molecule has 2 nitrogen and oxygen atoms in total. The van der Waals surface area contributed by atoms with E-state index in [1.54, 1.807) is 30.3 Å². The molecule has 0 heterocycles. The number of rotatable bonds is 3. The summed E-state index contributed by atoms with van der Waals surface area (Å²) in [5.74, 6) is 1.19. The summed E-state index contributed by atoms with van der Waals surface area (Å²) in [6.07, 6.45) is 1.70. The molecule has 2 aromatic carbocycles. The fraction of sp³-hybridized carbons (Fsp3) is 0.0625. The molecule has 0 N–H and O–H groups in total. The van der Waals surface area contributed by atoms with Gasteiger partial charge >= 0.3 is 0 Å². The molecule has 0 atom stereocenters. The van der Waals surface area contributed by atoms with Crippen LogP contribution in [0.25, 0.3) is 10.9 Å². The Bertz CT molecular complexity index is 671. The second-order valence-corrected chi connectivity index (χ2v) is 4.46. The maximum atomic E-state index is 7.19. The van der Waals surface area contributed by atoms with Gasteiger partial charge in [0.1, 0.15) is 11.5 Å². The van der Waals surface area contributed by atoms with Crippen molar-refractivity contribution in [1.82, 2.24) is 0 Å². The fourth-order valence-electron chi connectivity index (χ4n) is 1.64. The van der Waals surface area contributed by atoms with Gasteiger partial charge in [-0.15, -0.1) is 0 Å². The van der Waals surface area contributed by atoms with Crippen LogP contribution in [0.3, 0.4) is 0 Å². The average molecular weight is 270 g/mol. The van der Waals surface area contributed by atoms with Crippen LogP contribution in [-0.4, -0.2) is 0 Å². The maximum Gasteiger partial charge on any atom is 0.229 e. The monoisotopic (exact) mass is 269 g/mol. The predicted molar refractivity (Wildman–Crippen MR) is 79.1 cm³/mol. The average Bonchev–Trinajstić information content (AvgIpc) is 2.43. The third kappa shape index (κ3) is 2.96. The maximum absolute atomic E-state index is 7.19. The largest absolute Gasteiger partial charge is 0.468 e. The van der Waals surface area contributed by atoms with Crippen molar-refractivity contribution in [3.63, 3.8) is 0 Å². The van der Waals surface area contributed by atoms with Gasteiger partial charge in [0, 0.05) is 5.02 Å². The van der Waals surface area contributed by atoms with E-state index in [0.717, 1.165) is 11.1 Å². The highest BCUT2D eigenvalue weighted by Gasteiger charge is 2.06. The number of aryl methyl sites for hydroxylation is 1. The van der Waals surface area contributed by atoms with Crippen LogP contribution in [0.1, 0.15) is 11.1 Å². The summed E-state index contributed by atoms with van der Waals surface area (Å²) in [6.45, 7) is 12.8. The van der Waals surface area contributed by atoms with Crippen LogP contribution in [0.15, 0.2) is 43.0 Å². The van der Waals surface area contributed by atoms with Crippen molar-refractivity contribution in [3.05, 3.63) is 70.5 Å². The van der Waals surface area contributed by atoms with Gasteiger partial charge in [0.2, 0.25) is 5.69 Å². The molecule has 0 aliphatic heterocycles. The summed E-state index contributed by atoms with van der Waals surface area (Å²) >= 11 is 5.97. The van der Waals surface area contributed by atoms with E-state index in [4.69, 9.17) is 22.9 Å². The van der Waals surface area contributed by atoms with E-state index >= 15 is 0 Å². The molecule has 19 heavy (non-hydrogen) atoms. The first-order chi connectivity index (χ1) is 9.13. The molecular weight excluding hydrogens is 258 g/mol. The van der Waals surface area contributed by atoms with Gasteiger partial charge in [0.05, 0.1) is 6.57 Å². The zero-order valence-electron chi connectivity index (χ0n) is 10.5. The van der Waals surface area contributed by atoms with Crippen molar-refractivity contribution < 1.29 is 4.74 Å². The van der Waals surface area contributed by atoms with Crippen LogP contribution in [0.2, 0.25) is 5.02 Å². The standard InChI is InChI=1S/C16H12ClNO/c1-4-12-5-8-16(15(10-12)18-3)19-13-6-7-14(17)11(2)9-13/h4-10H,1H2,2H3. The van der Waals surface area contributed by atoms with Crippen LogP contribution in [0, 0.1) is 13.5 Å². The second kappa shape index (κ2) is 5.60. The third-order valence-electron chi connectivity index (χ3n) is 2.70. The normalized spacial score (nSPS) is 9.74. The number of nitrogens with zero attached hydrogens (tertiary/aromatic N) is 1. The summed E-state index contributed by atoms with van der Waals surface area (Å²) in [4.78, 5) is 3.47. The predicted octanol–water partition coefficient (Wildman–Crippen LogP) is 5.63. The Morgan fingerprint density at radius 3 is 2.68 bits per heavy atom. The Labute approximate surface area is 117 Å². The Balaban J connectivity index is 2.35. The SMILES string of the molecule is [C-]#[N+]c1cc(C=C)ccc1Oc1ccc(Cl)c(C)c1. The van der Waals surface area contributed by atoms with E-state index in [9.17, 15) is 0 Å². The molecule has 3 heteroatoms. The molecule has 0 fully saturated rings. The van der Waals surface area contributed by atoms with Crippen LogP contribution >= 0.6 is 11.6 Å². The Morgan fingerprint density at radius 2 is 2.05 bits per heavy atom. The van der Waals surface area contributed by atoms with Crippen LogP contribution in [0.5, 0.6) is 11.5 Å². The van der Waals surface area contributed by atoms with Crippen molar-refractivity contribution in [2.24, 2.45) is 0 Å². The van der Waals surface area contributed by atoms with Crippen molar-refractivity contribution in [3.8, 4) is 11.5 Å². The summed E-state index contributed by atoms with van der Waals surface area (Å²) < 4.78 is 5.73. The number of benzene rings is 2. The minimum Gasteiger partial charge on any atom is -0.468 e. The lowest BCUT2D eigenvalue weighted by Crippen LogP contribution is -1.86. The first kappa shape index (κ1) is 13.2. The van der Waals surface area contributed by atoms with Gasteiger partial charge in [-0.1, -0.05) is 30.3 Å². The molecule has 0 bridgehead atoms. The second-order valence-electron chi connectivity index (χ2n) is 4.06. The molecule has 0 unspecified atom stereocenters. The smallest absolute Gasteiger partial charge is 0.229 e. The lowest BCUT2D eigenvalue weighted by atomic mass is 10.2. The lowest BCUT2D eigenvalue weighted by Gasteiger charge is -2.09. The summed E-state index contributed by atoms with van der Waals surface area (Å²) in [7, 11) is 0. The minimum atomic E-state index is 0.463.